The minimum Gasteiger partial charge on any atom is -0.381 e. The maximum atomic E-state index is 14.0. The second-order valence-electron chi connectivity index (χ2n) is 9.87. The lowest BCUT2D eigenvalue weighted by Crippen LogP contribution is -2.52. The molecule has 34 heavy (non-hydrogen) atoms. The van der Waals surface area contributed by atoms with Crippen LogP contribution in [0.25, 0.3) is 0 Å². The monoisotopic (exact) mass is 454 g/mol. The molecule has 0 spiro atoms. The van der Waals surface area contributed by atoms with E-state index in [-0.39, 0.29) is 11.8 Å². The predicted octanol–water partition coefficient (Wildman–Crippen LogP) is 5.44. The van der Waals surface area contributed by atoms with Crippen molar-refractivity contribution in [1.29, 1.82) is 0 Å². The van der Waals surface area contributed by atoms with Crippen LogP contribution in [0.4, 0.5) is 0 Å². The molecule has 176 valence electrons. The molecule has 2 aromatic carbocycles. The summed E-state index contributed by atoms with van der Waals surface area (Å²) in [5.41, 5.74) is 5.43. The number of benzene rings is 2. The first-order chi connectivity index (χ1) is 16.6. The van der Waals surface area contributed by atoms with Gasteiger partial charge in [0, 0.05) is 50.0 Å². The number of pyridine rings is 1. The second-order valence-corrected chi connectivity index (χ2v) is 9.87. The molecule has 1 amide bonds. The molecular formula is C30H34N2O2. The van der Waals surface area contributed by atoms with Crippen LogP contribution in [0.5, 0.6) is 0 Å². The quantitative estimate of drug-likeness (QED) is 0.516. The summed E-state index contributed by atoms with van der Waals surface area (Å²) in [7, 11) is 0. The first-order valence-corrected chi connectivity index (χ1v) is 12.6. The zero-order chi connectivity index (χ0) is 23.4. The van der Waals surface area contributed by atoms with Gasteiger partial charge in [-0.2, -0.15) is 0 Å². The Morgan fingerprint density at radius 3 is 2.62 bits per heavy atom. The summed E-state index contributed by atoms with van der Waals surface area (Å²) < 4.78 is 5.66. The fourth-order valence-corrected chi connectivity index (χ4v) is 5.66. The Balaban J connectivity index is 1.35. The van der Waals surface area contributed by atoms with Crippen molar-refractivity contribution in [2.75, 3.05) is 26.3 Å². The first-order valence-electron chi connectivity index (χ1n) is 12.6. The lowest BCUT2D eigenvalue weighted by Gasteiger charge is -2.42. The highest BCUT2D eigenvalue weighted by Gasteiger charge is 2.45. The number of piperidine rings is 1. The number of nitrogens with zero attached hydrogens (tertiary/aromatic N) is 2. The Kier molecular flexibility index (Phi) is 6.77. The first kappa shape index (κ1) is 22.8. The molecule has 3 heterocycles. The topological polar surface area (TPSA) is 42.4 Å². The summed E-state index contributed by atoms with van der Waals surface area (Å²) in [6.45, 7) is 4.98. The molecule has 0 bridgehead atoms. The van der Waals surface area contributed by atoms with Gasteiger partial charge in [-0.05, 0) is 55.9 Å². The van der Waals surface area contributed by atoms with Gasteiger partial charge >= 0.3 is 0 Å². The number of carbonyl (C=O) groups excluding carboxylic acids is 1. The third kappa shape index (κ3) is 4.78. The normalized spacial score (nSPS) is 20.1. The summed E-state index contributed by atoms with van der Waals surface area (Å²) in [5.74, 6) is 0.547. The van der Waals surface area contributed by atoms with Gasteiger partial charge < -0.3 is 9.64 Å². The Labute approximate surface area is 203 Å². The molecule has 4 nitrogen and oxygen atoms in total. The van der Waals surface area contributed by atoms with Gasteiger partial charge in [-0.15, -0.1) is 0 Å². The van der Waals surface area contributed by atoms with Gasteiger partial charge in [-0.1, -0.05) is 66.2 Å². The van der Waals surface area contributed by atoms with E-state index in [1.165, 1.54) is 11.1 Å². The van der Waals surface area contributed by atoms with Gasteiger partial charge in [0.05, 0.1) is 5.41 Å². The van der Waals surface area contributed by atoms with E-state index < -0.39 is 5.41 Å². The van der Waals surface area contributed by atoms with Gasteiger partial charge in [0.2, 0.25) is 5.91 Å². The molecule has 1 atom stereocenters. The largest absolute Gasteiger partial charge is 0.381 e. The number of aryl methyl sites for hydroxylation is 1. The maximum Gasteiger partial charge on any atom is 0.233 e. The van der Waals surface area contributed by atoms with Crippen molar-refractivity contribution in [3.05, 3.63) is 101 Å². The van der Waals surface area contributed by atoms with Crippen LogP contribution in [0.3, 0.4) is 0 Å². The zero-order valence-corrected chi connectivity index (χ0v) is 20.1. The minimum atomic E-state index is -0.470. The molecule has 4 heteroatoms. The molecular weight excluding hydrogens is 420 g/mol. The maximum absolute atomic E-state index is 14.0. The van der Waals surface area contributed by atoms with Gasteiger partial charge in [0.1, 0.15) is 0 Å². The van der Waals surface area contributed by atoms with Crippen LogP contribution in [0, 0.1) is 6.92 Å². The fraction of sp³-hybridized carbons (Fsp3) is 0.400. The SMILES string of the molecule is Cc1cccc(Cc2cccc([C@@H]3CCCN(C(=O)C4(c5ccccc5)CCOCC4)C3)n2)c1. The van der Waals surface area contributed by atoms with E-state index in [9.17, 15) is 4.79 Å². The van der Waals surface area contributed by atoms with E-state index in [0.717, 1.165) is 62.1 Å². The van der Waals surface area contributed by atoms with Crippen LogP contribution in [-0.4, -0.2) is 42.1 Å². The minimum absolute atomic E-state index is 0.266. The second kappa shape index (κ2) is 10.1. The van der Waals surface area contributed by atoms with Crippen LogP contribution < -0.4 is 0 Å². The van der Waals surface area contributed by atoms with Crippen molar-refractivity contribution in [2.24, 2.45) is 0 Å². The molecule has 3 aromatic rings. The highest BCUT2D eigenvalue weighted by Crippen LogP contribution is 2.38. The van der Waals surface area contributed by atoms with Crippen molar-refractivity contribution in [1.82, 2.24) is 9.88 Å². The predicted molar refractivity (Wildman–Crippen MR) is 135 cm³/mol. The molecule has 0 N–H and O–H groups in total. The Hall–Kier alpha value is -2.98. The van der Waals surface area contributed by atoms with Crippen molar-refractivity contribution in [2.45, 2.75) is 50.4 Å². The molecule has 1 aromatic heterocycles. The van der Waals surface area contributed by atoms with Crippen molar-refractivity contribution >= 4 is 5.91 Å². The number of aromatic nitrogens is 1. The summed E-state index contributed by atoms with van der Waals surface area (Å²) in [5, 5.41) is 0. The van der Waals surface area contributed by atoms with E-state index in [0.29, 0.717) is 13.2 Å². The van der Waals surface area contributed by atoms with E-state index in [1.807, 2.05) is 18.2 Å². The smallest absolute Gasteiger partial charge is 0.233 e. The summed E-state index contributed by atoms with van der Waals surface area (Å²) in [6.07, 6.45) is 4.43. The third-order valence-electron chi connectivity index (χ3n) is 7.51. The molecule has 5 rings (SSSR count). The zero-order valence-electron chi connectivity index (χ0n) is 20.1. The summed E-state index contributed by atoms with van der Waals surface area (Å²) >= 11 is 0. The fourth-order valence-electron chi connectivity index (χ4n) is 5.66. The number of hydrogen-bond acceptors (Lipinski definition) is 3. The van der Waals surface area contributed by atoms with Gasteiger partial charge in [0.15, 0.2) is 0 Å². The molecule has 0 aliphatic carbocycles. The van der Waals surface area contributed by atoms with E-state index in [4.69, 9.17) is 9.72 Å². The Bertz CT molecular complexity index is 1120. The number of carbonyl (C=O) groups is 1. The molecule has 2 aliphatic heterocycles. The van der Waals surface area contributed by atoms with Gasteiger partial charge in [0.25, 0.3) is 0 Å². The number of rotatable bonds is 5. The standard InChI is InChI=1S/C30H34N2O2/c1-23-8-5-9-24(20-23)21-27-13-6-14-28(31-27)25-10-7-17-32(22-25)29(33)30(15-18-34-19-16-30)26-11-3-2-4-12-26/h2-6,8-9,11-14,20,25H,7,10,15-19,21-22H2,1H3/t25-/m1/s1. The number of ether oxygens (including phenoxy) is 1. The Morgan fingerprint density at radius 1 is 1.03 bits per heavy atom. The summed E-state index contributed by atoms with van der Waals surface area (Å²) in [6, 6.07) is 25.3. The number of hydrogen-bond donors (Lipinski definition) is 0. The van der Waals surface area contributed by atoms with Crippen LogP contribution in [0.15, 0.2) is 72.8 Å². The molecule has 0 saturated carbocycles. The lowest BCUT2D eigenvalue weighted by molar-refractivity contribution is -0.142. The van der Waals surface area contributed by atoms with Crippen LogP contribution in [0.1, 0.15) is 59.7 Å². The van der Waals surface area contributed by atoms with Crippen LogP contribution >= 0.6 is 0 Å². The van der Waals surface area contributed by atoms with Crippen LogP contribution in [-0.2, 0) is 21.4 Å². The highest BCUT2D eigenvalue weighted by atomic mass is 16.5. The molecule has 2 fully saturated rings. The highest BCUT2D eigenvalue weighted by molar-refractivity contribution is 5.88. The molecule has 2 aliphatic rings. The van der Waals surface area contributed by atoms with Crippen molar-refractivity contribution in [3.8, 4) is 0 Å². The molecule has 0 unspecified atom stereocenters. The average Bonchev–Trinajstić information content (AvgIpc) is 2.89. The van der Waals surface area contributed by atoms with Gasteiger partial charge in [-0.3, -0.25) is 9.78 Å². The average molecular weight is 455 g/mol. The third-order valence-corrected chi connectivity index (χ3v) is 7.51. The number of likely N-dealkylation sites (tertiary alicyclic amines) is 1. The summed E-state index contributed by atoms with van der Waals surface area (Å²) in [4.78, 5) is 21.2. The van der Waals surface area contributed by atoms with E-state index >= 15 is 0 Å². The van der Waals surface area contributed by atoms with Crippen LogP contribution in [0.2, 0.25) is 0 Å². The van der Waals surface area contributed by atoms with E-state index in [1.54, 1.807) is 0 Å². The molecule has 2 saturated heterocycles. The Morgan fingerprint density at radius 2 is 1.82 bits per heavy atom. The van der Waals surface area contributed by atoms with E-state index in [2.05, 4.69) is 66.4 Å². The van der Waals surface area contributed by atoms with Crippen molar-refractivity contribution in [3.63, 3.8) is 0 Å². The molecule has 0 radical (unpaired) electrons. The van der Waals surface area contributed by atoms with Crippen molar-refractivity contribution < 1.29 is 9.53 Å². The van der Waals surface area contributed by atoms with Gasteiger partial charge in [-0.25, -0.2) is 0 Å². The lowest BCUT2D eigenvalue weighted by atomic mass is 9.72. The number of amides is 1.